The Balaban J connectivity index is 1.56. The molecule has 0 radical (unpaired) electrons. The van der Waals surface area contributed by atoms with Crippen LogP contribution in [0.25, 0.3) is 0 Å². The molecular formula is C18H25Cl2N5O6. The van der Waals surface area contributed by atoms with Crippen molar-refractivity contribution in [3.05, 3.63) is 10.6 Å². The van der Waals surface area contributed by atoms with E-state index in [1.54, 1.807) is 34.6 Å². The minimum absolute atomic E-state index is 0.0668. The van der Waals surface area contributed by atoms with Crippen molar-refractivity contribution >= 4 is 35.2 Å². The van der Waals surface area contributed by atoms with Crippen LogP contribution in [-0.2, 0) is 23.7 Å². The second-order valence-electron chi connectivity index (χ2n) is 9.19. The monoisotopic (exact) mass is 477 g/mol. The van der Waals surface area contributed by atoms with Crippen molar-refractivity contribution in [1.29, 1.82) is 0 Å². The lowest BCUT2D eigenvalue weighted by Gasteiger charge is -2.57. The van der Waals surface area contributed by atoms with E-state index in [-0.39, 0.29) is 36.3 Å². The van der Waals surface area contributed by atoms with Crippen molar-refractivity contribution < 1.29 is 28.5 Å². The predicted molar refractivity (Wildman–Crippen MR) is 109 cm³/mol. The fourth-order valence-electron chi connectivity index (χ4n) is 3.85. The largest absolute Gasteiger partial charge is 0.444 e. The van der Waals surface area contributed by atoms with Crippen LogP contribution in [0.5, 0.6) is 0 Å². The Bertz CT molecular complexity index is 851. The van der Waals surface area contributed by atoms with Gasteiger partial charge >= 0.3 is 6.09 Å². The average Bonchev–Trinajstić information content (AvgIpc) is 2.97. The number of ether oxygens (including phenoxy) is 5. The standard InChI is InChI=1S/C18H25Cl2N5O6/c1-15(2,3)31-14(26)21-6-17-7-28-18(8-27-17,10-9(17)29-16(4,5)30-10)25-13-23-11(19)22-12(20)24-13/h9-10H,6-8H2,1-5H3,(H,21,26)(H,22,23,24,25)/t9?,10?,17?,18-/m1/s1. The topological polar surface area (TPSA) is 126 Å². The van der Waals surface area contributed by atoms with Crippen LogP contribution in [0.15, 0.2) is 0 Å². The Kier molecular flexibility index (Phi) is 5.51. The third-order valence-corrected chi connectivity index (χ3v) is 5.40. The highest BCUT2D eigenvalue weighted by Crippen LogP contribution is 2.49. The Morgan fingerprint density at radius 2 is 1.74 bits per heavy atom. The van der Waals surface area contributed by atoms with Crippen molar-refractivity contribution in [3.8, 4) is 0 Å². The van der Waals surface area contributed by atoms with Crippen LogP contribution < -0.4 is 10.6 Å². The summed E-state index contributed by atoms with van der Waals surface area (Å²) in [6.07, 6.45) is -1.71. The van der Waals surface area contributed by atoms with Gasteiger partial charge in [-0.05, 0) is 57.8 Å². The molecule has 1 aromatic heterocycles. The quantitative estimate of drug-likeness (QED) is 0.665. The molecule has 4 aliphatic heterocycles. The van der Waals surface area contributed by atoms with Crippen LogP contribution >= 0.6 is 23.2 Å². The number of carbonyl (C=O) groups is 1. The summed E-state index contributed by atoms with van der Waals surface area (Å²) in [6.45, 7) is 9.26. The molecule has 172 valence electrons. The minimum Gasteiger partial charge on any atom is -0.444 e. The molecule has 3 unspecified atom stereocenters. The zero-order valence-corrected chi connectivity index (χ0v) is 19.3. The van der Waals surface area contributed by atoms with Gasteiger partial charge in [0.15, 0.2) is 11.5 Å². The van der Waals surface area contributed by atoms with E-state index < -0.39 is 41.0 Å². The minimum atomic E-state index is -1.15. The van der Waals surface area contributed by atoms with E-state index in [1.807, 2.05) is 0 Å². The predicted octanol–water partition coefficient (Wildman–Crippen LogP) is 2.13. The van der Waals surface area contributed by atoms with Gasteiger partial charge in [0.1, 0.15) is 23.4 Å². The summed E-state index contributed by atoms with van der Waals surface area (Å²) in [4.78, 5) is 24.0. The fourth-order valence-corrected chi connectivity index (χ4v) is 4.22. The van der Waals surface area contributed by atoms with E-state index in [2.05, 4.69) is 25.6 Å². The van der Waals surface area contributed by atoms with E-state index in [0.29, 0.717) is 0 Å². The molecule has 1 aromatic rings. The Morgan fingerprint density at radius 3 is 2.32 bits per heavy atom. The molecule has 5 heterocycles. The number of halogens is 2. The lowest BCUT2D eigenvalue weighted by molar-refractivity contribution is -0.319. The van der Waals surface area contributed by atoms with E-state index in [1.165, 1.54) is 0 Å². The molecule has 4 saturated heterocycles. The zero-order chi connectivity index (χ0) is 22.7. The molecule has 5 rings (SSSR count). The van der Waals surface area contributed by atoms with Crippen LogP contribution in [0.2, 0.25) is 10.6 Å². The van der Waals surface area contributed by atoms with Gasteiger partial charge in [0.25, 0.3) is 0 Å². The number of nitrogens with one attached hydrogen (secondary N) is 2. The van der Waals surface area contributed by atoms with E-state index in [9.17, 15) is 4.79 Å². The summed E-state index contributed by atoms with van der Waals surface area (Å²) in [5.74, 6) is -0.795. The molecular weight excluding hydrogens is 453 g/mol. The first-order valence-electron chi connectivity index (χ1n) is 9.77. The molecule has 0 aromatic carbocycles. The number of nitrogens with zero attached hydrogens (tertiary/aromatic N) is 3. The molecule has 13 heteroatoms. The fraction of sp³-hybridized carbons (Fsp3) is 0.778. The van der Waals surface area contributed by atoms with Gasteiger partial charge in [0, 0.05) is 0 Å². The van der Waals surface area contributed by atoms with Gasteiger partial charge in [0.05, 0.1) is 19.8 Å². The van der Waals surface area contributed by atoms with E-state index in [4.69, 9.17) is 46.9 Å². The summed E-state index contributed by atoms with van der Waals surface area (Å²) in [7, 11) is 0. The number of amides is 1. The van der Waals surface area contributed by atoms with Crippen molar-refractivity contribution in [1.82, 2.24) is 20.3 Å². The van der Waals surface area contributed by atoms with E-state index >= 15 is 0 Å². The Labute approximate surface area is 189 Å². The van der Waals surface area contributed by atoms with Crippen molar-refractivity contribution in [2.45, 2.75) is 69.5 Å². The molecule has 11 nitrogen and oxygen atoms in total. The van der Waals surface area contributed by atoms with Crippen LogP contribution in [0.3, 0.4) is 0 Å². The lowest BCUT2D eigenvalue weighted by atomic mass is 9.81. The molecule has 0 spiro atoms. The summed E-state index contributed by atoms with van der Waals surface area (Å²) < 4.78 is 30.0. The number of hydrogen-bond acceptors (Lipinski definition) is 10. The number of carbonyl (C=O) groups excluding carboxylic acids is 1. The van der Waals surface area contributed by atoms with Crippen molar-refractivity contribution in [2.75, 3.05) is 25.1 Å². The summed E-state index contributed by atoms with van der Waals surface area (Å²) >= 11 is 11.8. The summed E-state index contributed by atoms with van der Waals surface area (Å²) in [6, 6.07) is 0. The average molecular weight is 478 g/mol. The second-order valence-corrected chi connectivity index (χ2v) is 9.86. The van der Waals surface area contributed by atoms with Crippen LogP contribution in [-0.4, -0.2) is 75.7 Å². The highest BCUT2D eigenvalue weighted by Gasteiger charge is 2.69. The van der Waals surface area contributed by atoms with Crippen LogP contribution in [0, 0.1) is 0 Å². The zero-order valence-electron chi connectivity index (χ0n) is 17.8. The van der Waals surface area contributed by atoms with Gasteiger partial charge in [-0.3, -0.25) is 0 Å². The normalized spacial score (nSPS) is 33.6. The van der Waals surface area contributed by atoms with Gasteiger partial charge < -0.3 is 34.3 Å². The smallest absolute Gasteiger partial charge is 0.407 e. The first-order valence-corrected chi connectivity index (χ1v) is 10.5. The number of anilines is 1. The third kappa shape index (κ3) is 4.53. The maximum Gasteiger partial charge on any atom is 0.407 e. The molecule has 1 amide bonds. The first-order chi connectivity index (χ1) is 14.3. The van der Waals surface area contributed by atoms with Gasteiger partial charge in [-0.2, -0.15) is 15.0 Å². The summed E-state index contributed by atoms with van der Waals surface area (Å²) in [5.41, 5.74) is -2.74. The van der Waals surface area contributed by atoms with Gasteiger partial charge in [-0.25, -0.2) is 4.79 Å². The number of alkyl carbamates (subject to hydrolysis) is 1. The molecule has 2 N–H and O–H groups in total. The van der Waals surface area contributed by atoms with Crippen LogP contribution in [0.4, 0.5) is 10.7 Å². The molecule has 4 atom stereocenters. The van der Waals surface area contributed by atoms with Crippen molar-refractivity contribution in [3.63, 3.8) is 0 Å². The molecule has 0 saturated carbocycles. The first kappa shape index (κ1) is 22.7. The number of rotatable bonds is 4. The highest BCUT2D eigenvalue weighted by atomic mass is 35.5. The number of fused-ring (bicyclic) bond motifs is 2. The van der Waals surface area contributed by atoms with Gasteiger partial charge in [-0.15, -0.1) is 0 Å². The molecule has 0 aliphatic carbocycles. The van der Waals surface area contributed by atoms with E-state index in [0.717, 1.165) is 0 Å². The van der Waals surface area contributed by atoms with Gasteiger partial charge in [0.2, 0.25) is 16.5 Å². The maximum absolute atomic E-state index is 12.2. The highest BCUT2D eigenvalue weighted by molar-refractivity contribution is 6.31. The summed E-state index contributed by atoms with van der Waals surface area (Å²) in [5, 5.41) is 5.71. The van der Waals surface area contributed by atoms with Crippen LogP contribution in [0.1, 0.15) is 34.6 Å². The molecule has 4 fully saturated rings. The maximum atomic E-state index is 12.2. The molecule has 4 aliphatic rings. The number of hydrogen-bond donors (Lipinski definition) is 2. The SMILES string of the molecule is CC(C)(C)OC(=O)NCC12CO[C@](Nc3nc(Cl)nc(Cl)n3)(CO1)C1OC(C)(C)OC12. The molecule has 2 bridgehead atoms. The second kappa shape index (κ2) is 7.53. The lowest BCUT2D eigenvalue weighted by Crippen LogP contribution is -2.78. The molecule has 31 heavy (non-hydrogen) atoms. The Morgan fingerprint density at radius 1 is 1.10 bits per heavy atom. The van der Waals surface area contributed by atoms with Crippen molar-refractivity contribution in [2.24, 2.45) is 0 Å². The van der Waals surface area contributed by atoms with Gasteiger partial charge in [-0.1, -0.05) is 0 Å². The third-order valence-electron chi connectivity index (χ3n) is 5.06. The number of aromatic nitrogens is 3. The Hall–Kier alpha value is -1.50.